The summed E-state index contributed by atoms with van der Waals surface area (Å²) in [6.45, 7) is 2.04. The van der Waals surface area contributed by atoms with Crippen molar-refractivity contribution in [3.63, 3.8) is 0 Å². The first kappa shape index (κ1) is 13.5. The molecule has 1 atom stereocenters. The highest BCUT2D eigenvalue weighted by molar-refractivity contribution is 5.85. The van der Waals surface area contributed by atoms with Crippen LogP contribution in [0.4, 0.5) is 0 Å². The molecule has 106 valence electrons. The van der Waals surface area contributed by atoms with Crippen LogP contribution < -0.4 is 10.5 Å². The molecule has 2 aromatic heterocycles. The maximum atomic E-state index is 5.96. The molecule has 3 rings (SSSR count). The van der Waals surface area contributed by atoms with Crippen LogP contribution in [-0.2, 0) is 0 Å². The number of aromatic nitrogens is 2. The van der Waals surface area contributed by atoms with E-state index < -0.39 is 0 Å². The zero-order valence-corrected chi connectivity index (χ0v) is 11.9. The molecule has 1 unspecified atom stereocenters. The molecule has 2 N–H and O–H groups in total. The average Bonchev–Trinajstić information content (AvgIpc) is 2.55. The maximum Gasteiger partial charge on any atom is 0.145 e. The first-order valence-electron chi connectivity index (χ1n) is 7.01. The number of ether oxygens (including phenoxy) is 1. The largest absolute Gasteiger partial charge is 0.455 e. The van der Waals surface area contributed by atoms with E-state index >= 15 is 0 Å². The van der Waals surface area contributed by atoms with Gasteiger partial charge in [-0.3, -0.25) is 9.97 Å². The van der Waals surface area contributed by atoms with Gasteiger partial charge in [-0.15, -0.1) is 0 Å². The molecule has 0 amide bonds. The van der Waals surface area contributed by atoms with Crippen molar-refractivity contribution >= 4 is 10.9 Å². The summed E-state index contributed by atoms with van der Waals surface area (Å²) in [5.41, 5.74) is 7.75. The fraction of sp³-hybridized carbons (Fsp3) is 0.176. The molecule has 0 saturated carbocycles. The van der Waals surface area contributed by atoms with Gasteiger partial charge in [-0.05, 0) is 42.8 Å². The number of pyridine rings is 2. The highest BCUT2D eigenvalue weighted by atomic mass is 16.5. The zero-order valence-electron chi connectivity index (χ0n) is 11.9. The highest BCUT2D eigenvalue weighted by Gasteiger charge is 2.07. The van der Waals surface area contributed by atoms with E-state index in [0.29, 0.717) is 5.75 Å². The fourth-order valence-electron chi connectivity index (χ4n) is 2.17. The van der Waals surface area contributed by atoms with Gasteiger partial charge >= 0.3 is 0 Å². The van der Waals surface area contributed by atoms with E-state index in [-0.39, 0.29) is 6.04 Å². The lowest BCUT2D eigenvalue weighted by molar-refractivity contribution is 0.484. The van der Waals surface area contributed by atoms with Crippen LogP contribution in [0.3, 0.4) is 0 Å². The van der Waals surface area contributed by atoms with Crippen molar-refractivity contribution in [2.45, 2.75) is 19.4 Å². The molecule has 4 heteroatoms. The molecular formula is C17H17N3O. The van der Waals surface area contributed by atoms with Gasteiger partial charge in [0.25, 0.3) is 0 Å². The van der Waals surface area contributed by atoms with Crippen LogP contribution >= 0.6 is 0 Å². The van der Waals surface area contributed by atoms with Crippen molar-refractivity contribution in [2.75, 3.05) is 0 Å². The van der Waals surface area contributed by atoms with Crippen LogP contribution in [-0.4, -0.2) is 9.97 Å². The van der Waals surface area contributed by atoms with E-state index in [1.807, 2.05) is 49.4 Å². The van der Waals surface area contributed by atoms with Gasteiger partial charge in [-0.2, -0.15) is 0 Å². The Bertz CT molecular complexity index is 735. The molecule has 0 saturated heterocycles. The maximum absolute atomic E-state index is 5.96. The standard InChI is InChI=1S/C17H17N3O/c1-2-14(18)16-9-8-12(11-20-16)21-17-7-3-6-15-13(17)5-4-10-19-15/h3-11,14H,2,18H2,1H3. The van der Waals surface area contributed by atoms with Crippen LogP contribution in [0.15, 0.2) is 54.9 Å². The third kappa shape index (κ3) is 2.85. The Morgan fingerprint density at radius 1 is 1.10 bits per heavy atom. The van der Waals surface area contributed by atoms with Crippen molar-refractivity contribution < 1.29 is 4.74 Å². The van der Waals surface area contributed by atoms with Crippen molar-refractivity contribution in [3.05, 3.63) is 60.6 Å². The van der Waals surface area contributed by atoms with Gasteiger partial charge in [0.05, 0.1) is 17.4 Å². The molecule has 21 heavy (non-hydrogen) atoms. The lowest BCUT2D eigenvalue weighted by Crippen LogP contribution is -2.10. The number of nitrogens with two attached hydrogens (primary N) is 1. The second-order valence-corrected chi connectivity index (χ2v) is 4.86. The van der Waals surface area contributed by atoms with E-state index in [4.69, 9.17) is 10.5 Å². The minimum Gasteiger partial charge on any atom is -0.455 e. The molecule has 3 aromatic rings. The van der Waals surface area contributed by atoms with Gasteiger partial charge < -0.3 is 10.5 Å². The Hall–Kier alpha value is -2.46. The number of nitrogens with zero attached hydrogens (tertiary/aromatic N) is 2. The topological polar surface area (TPSA) is 61.0 Å². The molecule has 2 heterocycles. The molecular weight excluding hydrogens is 262 g/mol. The van der Waals surface area contributed by atoms with Crippen LogP contribution in [0.1, 0.15) is 25.1 Å². The summed E-state index contributed by atoms with van der Waals surface area (Å²) in [6.07, 6.45) is 4.34. The Labute approximate surface area is 123 Å². The lowest BCUT2D eigenvalue weighted by Gasteiger charge is -2.11. The number of rotatable bonds is 4. The smallest absolute Gasteiger partial charge is 0.145 e. The minimum atomic E-state index is -0.0270. The molecule has 0 aliphatic carbocycles. The second kappa shape index (κ2) is 5.89. The molecule has 0 bridgehead atoms. The summed E-state index contributed by atoms with van der Waals surface area (Å²) in [6, 6.07) is 13.5. The van der Waals surface area contributed by atoms with Gasteiger partial charge in [0.15, 0.2) is 0 Å². The minimum absolute atomic E-state index is 0.0270. The summed E-state index contributed by atoms with van der Waals surface area (Å²) in [5, 5.41) is 0.981. The summed E-state index contributed by atoms with van der Waals surface area (Å²) < 4.78 is 5.92. The van der Waals surface area contributed by atoms with Crippen LogP contribution in [0, 0.1) is 0 Å². The van der Waals surface area contributed by atoms with Crippen LogP contribution in [0.5, 0.6) is 11.5 Å². The normalized spacial score (nSPS) is 12.3. The van der Waals surface area contributed by atoms with Gasteiger partial charge in [0.1, 0.15) is 11.5 Å². The fourth-order valence-corrected chi connectivity index (χ4v) is 2.17. The van der Waals surface area contributed by atoms with Crippen molar-refractivity contribution in [1.29, 1.82) is 0 Å². The Kier molecular flexibility index (Phi) is 3.79. The summed E-state index contributed by atoms with van der Waals surface area (Å²) in [5.74, 6) is 1.47. The number of hydrogen-bond donors (Lipinski definition) is 1. The predicted molar refractivity (Wildman–Crippen MR) is 83.3 cm³/mol. The molecule has 0 aliphatic heterocycles. The molecule has 0 fully saturated rings. The molecule has 0 spiro atoms. The Balaban J connectivity index is 1.88. The Morgan fingerprint density at radius 3 is 2.76 bits per heavy atom. The quantitative estimate of drug-likeness (QED) is 0.788. The van der Waals surface area contributed by atoms with E-state index in [2.05, 4.69) is 9.97 Å². The summed E-state index contributed by atoms with van der Waals surface area (Å²) in [7, 11) is 0. The Morgan fingerprint density at radius 2 is 2.00 bits per heavy atom. The van der Waals surface area contributed by atoms with E-state index in [0.717, 1.165) is 28.8 Å². The van der Waals surface area contributed by atoms with Crippen molar-refractivity contribution in [2.24, 2.45) is 5.73 Å². The molecule has 0 radical (unpaired) electrons. The monoisotopic (exact) mass is 279 g/mol. The van der Waals surface area contributed by atoms with Gasteiger partial charge in [-0.25, -0.2) is 0 Å². The molecule has 0 aliphatic rings. The van der Waals surface area contributed by atoms with Crippen molar-refractivity contribution in [1.82, 2.24) is 9.97 Å². The number of fused-ring (bicyclic) bond motifs is 1. The van der Waals surface area contributed by atoms with E-state index in [1.54, 1.807) is 12.4 Å². The summed E-state index contributed by atoms with van der Waals surface area (Å²) >= 11 is 0. The predicted octanol–water partition coefficient (Wildman–Crippen LogP) is 3.83. The summed E-state index contributed by atoms with van der Waals surface area (Å²) in [4.78, 5) is 8.68. The lowest BCUT2D eigenvalue weighted by atomic mass is 10.1. The number of benzene rings is 1. The first-order chi connectivity index (χ1) is 10.3. The van der Waals surface area contributed by atoms with Gasteiger partial charge in [-0.1, -0.05) is 13.0 Å². The van der Waals surface area contributed by atoms with E-state index in [9.17, 15) is 0 Å². The van der Waals surface area contributed by atoms with Crippen LogP contribution in [0.25, 0.3) is 10.9 Å². The second-order valence-electron chi connectivity index (χ2n) is 4.86. The highest BCUT2D eigenvalue weighted by Crippen LogP contribution is 2.28. The molecule has 1 aromatic carbocycles. The average molecular weight is 279 g/mol. The van der Waals surface area contributed by atoms with Gasteiger partial charge in [0, 0.05) is 17.6 Å². The third-order valence-corrected chi connectivity index (χ3v) is 3.41. The van der Waals surface area contributed by atoms with Crippen LogP contribution in [0.2, 0.25) is 0 Å². The first-order valence-corrected chi connectivity index (χ1v) is 7.01. The zero-order chi connectivity index (χ0) is 14.7. The van der Waals surface area contributed by atoms with Crippen molar-refractivity contribution in [3.8, 4) is 11.5 Å². The molecule has 4 nitrogen and oxygen atoms in total. The van der Waals surface area contributed by atoms with E-state index in [1.165, 1.54) is 0 Å². The van der Waals surface area contributed by atoms with Gasteiger partial charge in [0.2, 0.25) is 0 Å². The SMILES string of the molecule is CCC(N)c1ccc(Oc2cccc3ncccc23)cn1. The number of hydrogen-bond acceptors (Lipinski definition) is 4. The third-order valence-electron chi connectivity index (χ3n) is 3.41.